The lowest BCUT2D eigenvalue weighted by atomic mass is 10.0. The van der Waals surface area contributed by atoms with Crippen molar-refractivity contribution in [2.24, 2.45) is 0 Å². The molecule has 2 N–H and O–H groups in total. The maximum atomic E-state index is 12.6. The SMILES string of the molecule is C[C@@H](Cc1ccc2c(c1)OC(C(=O)O)(C(=O)O)O2)N1C[C@@H](COc2ccccc2-c2ccccc2)OC1=O. The van der Waals surface area contributed by atoms with E-state index in [1.165, 1.54) is 12.1 Å². The fraction of sp³-hybridized carbons (Fsp3) is 0.250. The zero-order valence-electron chi connectivity index (χ0n) is 20.4. The smallest absolute Gasteiger partial charge is 0.453 e. The topological polar surface area (TPSA) is 132 Å². The molecule has 0 aromatic heterocycles. The van der Waals surface area contributed by atoms with E-state index in [0.29, 0.717) is 24.3 Å². The lowest BCUT2D eigenvalue weighted by molar-refractivity contribution is -0.194. The second-order valence-corrected chi connectivity index (χ2v) is 9.10. The van der Waals surface area contributed by atoms with E-state index in [-0.39, 0.29) is 24.1 Å². The van der Waals surface area contributed by atoms with Crippen LogP contribution in [0, 0.1) is 0 Å². The lowest BCUT2D eigenvalue weighted by Crippen LogP contribution is -2.54. The average Bonchev–Trinajstić information content (AvgIpc) is 3.49. The van der Waals surface area contributed by atoms with E-state index in [1.54, 1.807) is 11.0 Å². The number of carboxylic acids is 2. The normalized spacial score (nSPS) is 18.1. The molecular formula is C28H25NO9. The second kappa shape index (κ2) is 9.97. The third-order valence-corrected chi connectivity index (χ3v) is 6.44. The number of carbonyl (C=O) groups is 3. The average molecular weight is 520 g/mol. The van der Waals surface area contributed by atoms with Crippen molar-refractivity contribution in [3.63, 3.8) is 0 Å². The Morgan fingerprint density at radius 3 is 2.42 bits per heavy atom. The summed E-state index contributed by atoms with van der Waals surface area (Å²) in [5.74, 6) is -5.64. The standard InChI is InChI=1S/C28H25NO9/c1-17(13-18-11-12-23-24(14-18)38-28(37-23,25(30)31)26(32)33)29-15-20(36-27(29)34)16-35-22-10-6-5-9-21(22)19-7-3-2-4-8-19/h2-12,14,17,20H,13,15-16H2,1H3,(H,30,31)(H,32,33)/t17-,20-/m0/s1. The fourth-order valence-electron chi connectivity index (χ4n) is 4.51. The molecule has 1 amide bonds. The van der Waals surface area contributed by atoms with Gasteiger partial charge in [0, 0.05) is 11.6 Å². The summed E-state index contributed by atoms with van der Waals surface area (Å²) in [6.45, 7) is 2.38. The summed E-state index contributed by atoms with van der Waals surface area (Å²) in [5, 5.41) is 18.6. The van der Waals surface area contributed by atoms with E-state index < -0.39 is 29.9 Å². The molecule has 2 atom stereocenters. The van der Waals surface area contributed by atoms with Crippen LogP contribution in [-0.2, 0) is 20.7 Å². The Morgan fingerprint density at radius 1 is 1.00 bits per heavy atom. The molecule has 3 aromatic carbocycles. The lowest BCUT2D eigenvalue weighted by Gasteiger charge is -2.22. The molecule has 0 aliphatic carbocycles. The molecule has 1 saturated heterocycles. The first-order valence-electron chi connectivity index (χ1n) is 12.0. The molecule has 38 heavy (non-hydrogen) atoms. The first-order valence-corrected chi connectivity index (χ1v) is 12.0. The van der Waals surface area contributed by atoms with Gasteiger partial charge in [-0.25, -0.2) is 14.4 Å². The van der Waals surface area contributed by atoms with Crippen molar-refractivity contribution in [2.75, 3.05) is 13.2 Å². The van der Waals surface area contributed by atoms with E-state index in [9.17, 15) is 24.6 Å². The van der Waals surface area contributed by atoms with E-state index in [1.807, 2.05) is 61.5 Å². The number of carboxylic acid groups (broad SMARTS) is 2. The number of hydrogen-bond acceptors (Lipinski definition) is 7. The summed E-state index contributed by atoms with van der Waals surface area (Å²) in [4.78, 5) is 37.2. The van der Waals surface area contributed by atoms with Crippen LogP contribution in [0.4, 0.5) is 4.79 Å². The summed E-state index contributed by atoms with van der Waals surface area (Å²) in [6.07, 6.45) is -0.528. The van der Waals surface area contributed by atoms with Gasteiger partial charge in [0.05, 0.1) is 6.54 Å². The Morgan fingerprint density at radius 2 is 1.68 bits per heavy atom. The van der Waals surface area contributed by atoms with E-state index in [0.717, 1.165) is 11.1 Å². The number of ether oxygens (including phenoxy) is 4. The number of hydrogen-bond donors (Lipinski definition) is 2. The van der Waals surface area contributed by atoms with Crippen molar-refractivity contribution in [3.05, 3.63) is 78.4 Å². The third kappa shape index (κ3) is 4.68. The van der Waals surface area contributed by atoms with Gasteiger partial charge in [0.25, 0.3) is 0 Å². The molecular weight excluding hydrogens is 494 g/mol. The van der Waals surface area contributed by atoms with Gasteiger partial charge in [-0.2, -0.15) is 0 Å². The monoisotopic (exact) mass is 519 g/mol. The number of rotatable bonds is 9. The number of aliphatic carboxylic acids is 2. The number of benzene rings is 3. The molecule has 5 rings (SSSR count). The molecule has 2 heterocycles. The molecule has 3 aromatic rings. The summed E-state index contributed by atoms with van der Waals surface area (Å²) in [5.41, 5.74) is 2.67. The van der Waals surface area contributed by atoms with Crippen LogP contribution in [0.2, 0.25) is 0 Å². The fourth-order valence-corrected chi connectivity index (χ4v) is 4.51. The molecule has 1 fully saturated rings. The Hall–Kier alpha value is -4.73. The number of nitrogens with zero attached hydrogens (tertiary/aromatic N) is 1. The highest BCUT2D eigenvalue weighted by molar-refractivity contribution is 6.01. The number of para-hydroxylation sites is 1. The van der Waals surface area contributed by atoms with Crippen LogP contribution in [0.1, 0.15) is 12.5 Å². The van der Waals surface area contributed by atoms with Gasteiger partial charge >= 0.3 is 23.8 Å². The molecule has 2 aliphatic rings. The first kappa shape index (κ1) is 24.9. The third-order valence-electron chi connectivity index (χ3n) is 6.44. The van der Waals surface area contributed by atoms with Gasteiger partial charge in [0.2, 0.25) is 0 Å². The highest BCUT2D eigenvalue weighted by atomic mass is 16.8. The summed E-state index contributed by atoms with van der Waals surface area (Å²) >= 11 is 0. The largest absolute Gasteiger partial charge is 0.489 e. The van der Waals surface area contributed by atoms with Gasteiger partial charge in [0.1, 0.15) is 12.4 Å². The zero-order valence-corrected chi connectivity index (χ0v) is 20.4. The van der Waals surface area contributed by atoms with Gasteiger partial charge in [-0.15, -0.1) is 0 Å². The van der Waals surface area contributed by atoms with Crippen LogP contribution < -0.4 is 14.2 Å². The van der Waals surface area contributed by atoms with Crippen molar-refractivity contribution >= 4 is 18.0 Å². The minimum Gasteiger partial charge on any atom is -0.489 e. The maximum Gasteiger partial charge on any atom is 0.453 e. The maximum absolute atomic E-state index is 12.6. The van der Waals surface area contributed by atoms with Crippen LogP contribution in [0.5, 0.6) is 17.2 Å². The summed E-state index contributed by atoms with van der Waals surface area (Å²) in [6, 6.07) is 21.9. The van der Waals surface area contributed by atoms with Crippen molar-refractivity contribution in [3.8, 4) is 28.4 Å². The van der Waals surface area contributed by atoms with Crippen LogP contribution >= 0.6 is 0 Å². The quantitative estimate of drug-likeness (QED) is 0.405. The summed E-state index contributed by atoms with van der Waals surface area (Å²) in [7, 11) is 0. The van der Waals surface area contributed by atoms with Crippen LogP contribution in [0.25, 0.3) is 11.1 Å². The highest BCUT2D eigenvalue weighted by Crippen LogP contribution is 2.40. The van der Waals surface area contributed by atoms with Crippen molar-refractivity contribution in [1.82, 2.24) is 4.90 Å². The molecule has 0 bridgehead atoms. The first-order chi connectivity index (χ1) is 18.3. The summed E-state index contributed by atoms with van der Waals surface area (Å²) < 4.78 is 21.9. The van der Waals surface area contributed by atoms with Gasteiger partial charge in [-0.1, -0.05) is 54.6 Å². The molecule has 0 saturated carbocycles. The van der Waals surface area contributed by atoms with Gasteiger partial charge in [-0.3, -0.25) is 0 Å². The van der Waals surface area contributed by atoms with Crippen LogP contribution in [0.3, 0.4) is 0 Å². The predicted octanol–water partition coefficient (Wildman–Crippen LogP) is 3.82. The molecule has 10 nitrogen and oxygen atoms in total. The van der Waals surface area contributed by atoms with Crippen LogP contribution in [0.15, 0.2) is 72.8 Å². The predicted molar refractivity (Wildman–Crippen MR) is 133 cm³/mol. The zero-order chi connectivity index (χ0) is 26.9. The molecule has 2 aliphatic heterocycles. The van der Waals surface area contributed by atoms with Gasteiger partial charge < -0.3 is 34.1 Å². The number of cyclic esters (lactones) is 1. The van der Waals surface area contributed by atoms with Crippen molar-refractivity contribution in [1.29, 1.82) is 0 Å². The van der Waals surface area contributed by atoms with Crippen LogP contribution in [-0.4, -0.2) is 64.2 Å². The Bertz CT molecular complexity index is 1360. The van der Waals surface area contributed by atoms with Gasteiger partial charge in [-0.05, 0) is 42.7 Å². The van der Waals surface area contributed by atoms with Crippen molar-refractivity contribution < 1.29 is 43.5 Å². The number of amides is 1. The van der Waals surface area contributed by atoms with Gasteiger partial charge in [0.15, 0.2) is 17.6 Å². The van der Waals surface area contributed by atoms with E-state index in [2.05, 4.69) is 0 Å². The molecule has 0 unspecified atom stereocenters. The highest BCUT2D eigenvalue weighted by Gasteiger charge is 2.57. The molecule has 10 heteroatoms. The van der Waals surface area contributed by atoms with E-state index in [4.69, 9.17) is 18.9 Å². The number of fused-ring (bicyclic) bond motifs is 1. The minimum atomic E-state index is -2.82. The van der Waals surface area contributed by atoms with E-state index >= 15 is 0 Å². The molecule has 0 spiro atoms. The Labute approximate surface area is 217 Å². The molecule has 196 valence electrons. The minimum absolute atomic E-state index is 0.00635. The Balaban J connectivity index is 1.21. The molecule has 0 radical (unpaired) electrons. The van der Waals surface area contributed by atoms with Crippen molar-refractivity contribution in [2.45, 2.75) is 31.3 Å². The number of carbonyl (C=O) groups excluding carboxylic acids is 1. The second-order valence-electron chi connectivity index (χ2n) is 9.10. The Kier molecular flexibility index (Phi) is 6.54.